The summed E-state index contributed by atoms with van der Waals surface area (Å²) in [5.74, 6) is -0.107. The molecule has 0 aliphatic carbocycles. The lowest BCUT2D eigenvalue weighted by Crippen LogP contribution is -2.48. The van der Waals surface area contributed by atoms with Gasteiger partial charge in [-0.3, -0.25) is 19.4 Å². The zero-order valence-corrected chi connectivity index (χ0v) is 12.9. The highest BCUT2D eigenvalue weighted by molar-refractivity contribution is 6.05. The summed E-state index contributed by atoms with van der Waals surface area (Å²) >= 11 is 0. The Labute approximate surface area is 121 Å². The fourth-order valence-corrected chi connectivity index (χ4v) is 3.15. The van der Waals surface area contributed by atoms with E-state index in [-0.39, 0.29) is 23.9 Å². The molecule has 2 saturated heterocycles. The van der Waals surface area contributed by atoms with E-state index in [4.69, 9.17) is 0 Å². The molecule has 5 nitrogen and oxygen atoms in total. The summed E-state index contributed by atoms with van der Waals surface area (Å²) in [7, 11) is 0. The standard InChI is InChI=1S/C15H27N3O2/c1-11(2)18-14(19)9-13(15(18)20)16-10-12(3)17-7-5-4-6-8-17/h11-13,16H,4-10H2,1-3H3. The predicted octanol–water partition coefficient (Wildman–Crippen LogP) is 0.986. The number of rotatable bonds is 5. The molecule has 0 saturated carbocycles. The first-order valence-electron chi connectivity index (χ1n) is 7.84. The van der Waals surface area contributed by atoms with Crippen LogP contribution in [0.5, 0.6) is 0 Å². The first-order chi connectivity index (χ1) is 9.50. The van der Waals surface area contributed by atoms with Crippen molar-refractivity contribution in [2.75, 3.05) is 19.6 Å². The molecule has 114 valence electrons. The van der Waals surface area contributed by atoms with Gasteiger partial charge in [-0.25, -0.2) is 0 Å². The van der Waals surface area contributed by atoms with Crippen molar-refractivity contribution in [1.29, 1.82) is 0 Å². The quantitative estimate of drug-likeness (QED) is 0.764. The zero-order chi connectivity index (χ0) is 14.7. The predicted molar refractivity (Wildman–Crippen MR) is 78.3 cm³/mol. The van der Waals surface area contributed by atoms with Crippen molar-refractivity contribution in [2.45, 2.75) is 64.6 Å². The Hall–Kier alpha value is -0.940. The van der Waals surface area contributed by atoms with Gasteiger partial charge in [0.2, 0.25) is 11.8 Å². The molecule has 2 unspecified atom stereocenters. The summed E-state index contributed by atoms with van der Waals surface area (Å²) in [6, 6.07) is 0.0600. The van der Waals surface area contributed by atoms with Gasteiger partial charge in [-0.05, 0) is 46.7 Å². The average Bonchev–Trinajstić information content (AvgIpc) is 2.71. The summed E-state index contributed by atoms with van der Waals surface area (Å²) in [4.78, 5) is 27.9. The molecule has 2 atom stereocenters. The van der Waals surface area contributed by atoms with Gasteiger partial charge in [-0.2, -0.15) is 0 Å². The van der Waals surface area contributed by atoms with E-state index in [1.807, 2.05) is 13.8 Å². The van der Waals surface area contributed by atoms with Crippen LogP contribution in [0.1, 0.15) is 46.5 Å². The molecule has 0 aromatic carbocycles. The topological polar surface area (TPSA) is 52.7 Å². The SMILES string of the molecule is CC(CNC1CC(=O)N(C(C)C)C1=O)N1CCCCC1. The van der Waals surface area contributed by atoms with E-state index in [9.17, 15) is 9.59 Å². The number of imide groups is 1. The fourth-order valence-electron chi connectivity index (χ4n) is 3.15. The van der Waals surface area contributed by atoms with Crippen molar-refractivity contribution in [2.24, 2.45) is 0 Å². The highest BCUT2D eigenvalue weighted by atomic mass is 16.2. The van der Waals surface area contributed by atoms with Crippen LogP contribution in [0.2, 0.25) is 0 Å². The van der Waals surface area contributed by atoms with Gasteiger partial charge >= 0.3 is 0 Å². The normalized spacial score (nSPS) is 26.6. The number of nitrogens with one attached hydrogen (secondary N) is 1. The van der Waals surface area contributed by atoms with Crippen molar-refractivity contribution in [3.8, 4) is 0 Å². The second-order valence-electron chi connectivity index (χ2n) is 6.31. The molecule has 0 spiro atoms. The van der Waals surface area contributed by atoms with E-state index >= 15 is 0 Å². The van der Waals surface area contributed by atoms with Crippen LogP contribution in [-0.4, -0.2) is 59.4 Å². The first kappa shape index (κ1) is 15.4. The molecule has 0 aromatic heterocycles. The minimum atomic E-state index is -0.322. The van der Waals surface area contributed by atoms with Crippen molar-refractivity contribution >= 4 is 11.8 Å². The summed E-state index contributed by atoms with van der Waals surface area (Å²) in [5.41, 5.74) is 0. The van der Waals surface area contributed by atoms with Crippen LogP contribution in [0.3, 0.4) is 0 Å². The lowest BCUT2D eigenvalue weighted by atomic mass is 10.1. The fraction of sp³-hybridized carbons (Fsp3) is 0.867. The minimum absolute atomic E-state index is 0.0404. The largest absolute Gasteiger partial charge is 0.304 e. The lowest BCUT2D eigenvalue weighted by Gasteiger charge is -2.33. The van der Waals surface area contributed by atoms with Gasteiger partial charge in [-0.15, -0.1) is 0 Å². The molecular weight excluding hydrogens is 254 g/mol. The Morgan fingerprint density at radius 1 is 1.15 bits per heavy atom. The van der Waals surface area contributed by atoms with E-state index in [0.717, 1.165) is 19.6 Å². The van der Waals surface area contributed by atoms with Crippen molar-refractivity contribution in [1.82, 2.24) is 15.1 Å². The number of likely N-dealkylation sites (tertiary alicyclic amines) is 2. The molecule has 2 aliphatic rings. The first-order valence-corrected chi connectivity index (χ1v) is 7.84. The van der Waals surface area contributed by atoms with Gasteiger partial charge < -0.3 is 5.32 Å². The number of carbonyl (C=O) groups is 2. The van der Waals surface area contributed by atoms with Crippen molar-refractivity contribution in [3.63, 3.8) is 0 Å². The maximum atomic E-state index is 12.2. The smallest absolute Gasteiger partial charge is 0.247 e. The lowest BCUT2D eigenvalue weighted by molar-refractivity contribution is -0.140. The van der Waals surface area contributed by atoms with Crippen molar-refractivity contribution in [3.05, 3.63) is 0 Å². The van der Waals surface area contributed by atoms with Gasteiger partial charge in [0, 0.05) is 18.6 Å². The van der Waals surface area contributed by atoms with Gasteiger partial charge in [0.1, 0.15) is 0 Å². The van der Waals surface area contributed by atoms with Crippen LogP contribution in [0.15, 0.2) is 0 Å². The zero-order valence-electron chi connectivity index (χ0n) is 12.9. The molecule has 0 bridgehead atoms. The van der Waals surface area contributed by atoms with Crippen LogP contribution in [0, 0.1) is 0 Å². The molecule has 2 fully saturated rings. The highest BCUT2D eigenvalue weighted by Gasteiger charge is 2.39. The van der Waals surface area contributed by atoms with Crippen LogP contribution < -0.4 is 5.32 Å². The Balaban J connectivity index is 1.82. The van der Waals surface area contributed by atoms with E-state index in [1.165, 1.54) is 24.2 Å². The Morgan fingerprint density at radius 3 is 2.35 bits per heavy atom. The Bertz CT molecular complexity index is 364. The molecule has 2 amide bonds. The minimum Gasteiger partial charge on any atom is -0.304 e. The molecule has 20 heavy (non-hydrogen) atoms. The number of nitrogens with zero attached hydrogens (tertiary/aromatic N) is 2. The number of hydrogen-bond donors (Lipinski definition) is 1. The molecule has 0 aromatic rings. The maximum Gasteiger partial charge on any atom is 0.247 e. The van der Waals surface area contributed by atoms with Crippen LogP contribution in [0.25, 0.3) is 0 Å². The monoisotopic (exact) mass is 281 g/mol. The molecule has 2 heterocycles. The third-order valence-corrected chi connectivity index (χ3v) is 4.37. The third kappa shape index (κ3) is 3.38. The van der Waals surface area contributed by atoms with Crippen molar-refractivity contribution < 1.29 is 9.59 Å². The van der Waals surface area contributed by atoms with Gasteiger partial charge in [0.15, 0.2) is 0 Å². The molecule has 2 rings (SSSR count). The van der Waals surface area contributed by atoms with Gasteiger partial charge in [-0.1, -0.05) is 6.42 Å². The van der Waals surface area contributed by atoms with Crippen LogP contribution in [0.4, 0.5) is 0 Å². The summed E-state index contributed by atoms with van der Waals surface area (Å²) in [6.07, 6.45) is 4.18. The van der Waals surface area contributed by atoms with E-state index in [2.05, 4.69) is 17.1 Å². The number of amides is 2. The molecular formula is C15H27N3O2. The third-order valence-electron chi connectivity index (χ3n) is 4.37. The van der Waals surface area contributed by atoms with Gasteiger partial charge in [0.05, 0.1) is 12.5 Å². The average molecular weight is 281 g/mol. The Morgan fingerprint density at radius 2 is 1.80 bits per heavy atom. The van der Waals surface area contributed by atoms with E-state index < -0.39 is 0 Å². The molecule has 5 heteroatoms. The highest BCUT2D eigenvalue weighted by Crippen LogP contribution is 2.17. The second-order valence-corrected chi connectivity index (χ2v) is 6.31. The summed E-state index contributed by atoms with van der Waals surface area (Å²) in [5, 5.41) is 3.29. The summed E-state index contributed by atoms with van der Waals surface area (Å²) in [6.45, 7) is 9.04. The molecule has 2 aliphatic heterocycles. The number of carbonyl (C=O) groups excluding carboxylic acids is 2. The van der Waals surface area contributed by atoms with Gasteiger partial charge in [0.25, 0.3) is 0 Å². The number of hydrogen-bond acceptors (Lipinski definition) is 4. The second kappa shape index (κ2) is 6.68. The van der Waals surface area contributed by atoms with Crippen LogP contribution in [-0.2, 0) is 9.59 Å². The van der Waals surface area contributed by atoms with Crippen LogP contribution >= 0.6 is 0 Å². The van der Waals surface area contributed by atoms with E-state index in [1.54, 1.807) is 0 Å². The number of piperidine rings is 1. The Kier molecular flexibility index (Phi) is 5.16. The molecule has 1 N–H and O–H groups in total. The molecule has 0 radical (unpaired) electrons. The summed E-state index contributed by atoms with van der Waals surface area (Å²) < 4.78 is 0. The maximum absolute atomic E-state index is 12.2. The van der Waals surface area contributed by atoms with E-state index in [0.29, 0.717) is 12.5 Å².